The molecule has 1 aromatic heterocycles. The Hall–Kier alpha value is -0.243. The van der Waals surface area contributed by atoms with Crippen molar-refractivity contribution in [3.05, 3.63) is 22.2 Å². The van der Waals surface area contributed by atoms with Crippen molar-refractivity contribution in [1.29, 1.82) is 0 Å². The number of rotatable bonds is 6. The third-order valence-corrected chi connectivity index (χ3v) is 12.1. The summed E-state index contributed by atoms with van der Waals surface area (Å²) >= 11 is 1.98. The van der Waals surface area contributed by atoms with E-state index in [2.05, 4.69) is 46.1 Å². The molecule has 1 aromatic rings. The number of nitrogens with zero attached hydrogens (tertiary/aromatic N) is 2. The summed E-state index contributed by atoms with van der Waals surface area (Å²) in [5.41, 5.74) is 0.596. The molecule has 3 nitrogen and oxygen atoms in total. The quantitative estimate of drug-likeness (QED) is 0.274. The van der Waals surface area contributed by atoms with Crippen LogP contribution >= 0.6 is 15.9 Å². The fourth-order valence-corrected chi connectivity index (χ4v) is 7.65. The van der Waals surface area contributed by atoms with Gasteiger partial charge in [-0.05, 0) is 54.9 Å². The first-order valence-corrected chi connectivity index (χ1v) is 12.9. The van der Waals surface area contributed by atoms with Gasteiger partial charge in [0.25, 0.3) is 0 Å². The zero-order chi connectivity index (χ0) is 18.7. The first-order valence-electron chi connectivity index (χ1n) is 8.36. The van der Waals surface area contributed by atoms with E-state index >= 15 is 4.39 Å². The van der Waals surface area contributed by atoms with Crippen molar-refractivity contribution in [3.8, 4) is 0 Å². The van der Waals surface area contributed by atoms with E-state index in [-0.39, 0.29) is 11.5 Å². The molecule has 1 heterocycles. The molecule has 1 atom stereocenters. The molecule has 0 saturated carbocycles. The van der Waals surface area contributed by atoms with Crippen molar-refractivity contribution >= 4 is 46.3 Å². The summed E-state index contributed by atoms with van der Waals surface area (Å²) in [6.45, 7) is 13.6. The van der Waals surface area contributed by atoms with Crippen molar-refractivity contribution in [3.63, 3.8) is 0 Å². The summed E-state index contributed by atoms with van der Waals surface area (Å²) in [5, 5.41) is 0.794. The Morgan fingerprint density at radius 3 is 2.21 bits per heavy atom. The second-order valence-electron chi connectivity index (χ2n) is 7.03. The van der Waals surface area contributed by atoms with Crippen LogP contribution < -0.4 is 5.19 Å². The monoisotopic (exact) mass is 434 g/mol. The second kappa shape index (κ2) is 8.43. The normalized spacial score (nSPS) is 14.8. The molecule has 0 fully saturated rings. The molecule has 0 aromatic carbocycles. The highest BCUT2D eigenvalue weighted by Crippen LogP contribution is 2.25. The van der Waals surface area contributed by atoms with Gasteiger partial charge in [-0.3, -0.25) is 0 Å². The van der Waals surface area contributed by atoms with Crippen LogP contribution in [-0.2, 0) is 11.4 Å². The van der Waals surface area contributed by atoms with Gasteiger partial charge in [-0.25, -0.2) is 9.37 Å². The second-order valence-corrected chi connectivity index (χ2v) is 15.0. The van der Waals surface area contributed by atoms with Gasteiger partial charge < -0.3 is 4.55 Å². The Balaban J connectivity index is 3.51. The van der Waals surface area contributed by atoms with E-state index in [1.54, 1.807) is 6.92 Å². The van der Waals surface area contributed by atoms with Crippen molar-refractivity contribution in [1.82, 2.24) is 4.98 Å². The van der Waals surface area contributed by atoms with Gasteiger partial charge in [-0.15, -0.1) is 0 Å². The van der Waals surface area contributed by atoms with Gasteiger partial charge in [0, 0.05) is 0 Å². The fourth-order valence-electron chi connectivity index (χ4n) is 2.75. The smallest absolute Gasteiger partial charge is 0.150 e. The van der Waals surface area contributed by atoms with E-state index in [9.17, 15) is 4.55 Å². The minimum atomic E-state index is -1.90. The van der Waals surface area contributed by atoms with Crippen LogP contribution in [0.2, 0.25) is 18.1 Å². The Morgan fingerprint density at radius 1 is 1.29 bits per heavy atom. The van der Waals surface area contributed by atoms with Crippen LogP contribution in [0.1, 0.15) is 54.2 Å². The van der Waals surface area contributed by atoms with Crippen molar-refractivity contribution in [2.24, 2.45) is 4.40 Å². The number of hydrogen-bond donors (Lipinski definition) is 0. The van der Waals surface area contributed by atoms with Crippen LogP contribution in [0.3, 0.4) is 0 Å². The molecular formula is C17H28BrFN2OSSi. The van der Waals surface area contributed by atoms with Gasteiger partial charge in [-0.1, -0.05) is 43.3 Å². The molecule has 136 valence electrons. The Kier molecular flexibility index (Phi) is 7.65. The lowest BCUT2D eigenvalue weighted by atomic mass is 10.2. The summed E-state index contributed by atoms with van der Waals surface area (Å²) in [6, 6.07) is 4.78. The highest BCUT2D eigenvalue weighted by Gasteiger charge is 2.34. The summed E-state index contributed by atoms with van der Waals surface area (Å²) in [5.74, 6) is -0.289. The molecule has 0 saturated heterocycles. The molecule has 1 rings (SSSR count). The highest BCUT2D eigenvalue weighted by molar-refractivity contribution is 9.10. The standard InChI is InChI=1S/C17H28BrFN2OSSi/c1-8-24(9-2,10-3)13-11-14(18)20-16(15(13)19)12(4)21-23(22)17(5,6)7/h11H,8-10H2,1-7H3. The predicted molar refractivity (Wildman–Crippen MR) is 109 cm³/mol. The van der Waals surface area contributed by atoms with E-state index in [1.807, 2.05) is 26.8 Å². The van der Waals surface area contributed by atoms with Crippen LogP contribution in [0.4, 0.5) is 4.39 Å². The SMILES string of the molecule is CC[Si](CC)(CC)c1cc(Br)nc(C(C)=N[S+]([O-])C(C)(C)C)c1F. The van der Waals surface area contributed by atoms with Crippen LogP contribution in [0.5, 0.6) is 0 Å². The third kappa shape index (κ3) is 4.68. The van der Waals surface area contributed by atoms with Gasteiger partial charge in [0.1, 0.15) is 37.9 Å². The Bertz CT molecular complexity index is 607. The first kappa shape index (κ1) is 21.8. The molecule has 0 bridgehead atoms. The molecule has 24 heavy (non-hydrogen) atoms. The molecular weight excluding hydrogens is 407 g/mol. The highest BCUT2D eigenvalue weighted by atomic mass is 79.9. The molecule has 0 N–H and O–H groups in total. The lowest BCUT2D eigenvalue weighted by Crippen LogP contribution is -2.48. The lowest BCUT2D eigenvalue weighted by Gasteiger charge is -2.29. The van der Waals surface area contributed by atoms with Crippen LogP contribution in [-0.4, -0.2) is 28.1 Å². The molecule has 0 radical (unpaired) electrons. The number of pyridine rings is 1. The molecule has 0 aliphatic carbocycles. The largest absolute Gasteiger partial charge is 0.591 e. The first-order chi connectivity index (χ1) is 11.0. The fraction of sp³-hybridized carbons (Fsp3) is 0.647. The maximum Gasteiger partial charge on any atom is 0.150 e. The van der Waals surface area contributed by atoms with Crippen LogP contribution in [0.25, 0.3) is 0 Å². The minimum absolute atomic E-state index is 0.212. The van der Waals surface area contributed by atoms with Crippen molar-refractivity contribution < 1.29 is 8.94 Å². The van der Waals surface area contributed by atoms with Crippen molar-refractivity contribution in [2.45, 2.75) is 71.3 Å². The maximum absolute atomic E-state index is 15.3. The molecule has 0 aliphatic rings. The Labute approximate surface area is 158 Å². The van der Waals surface area contributed by atoms with Crippen LogP contribution in [0, 0.1) is 5.82 Å². The summed E-state index contributed by atoms with van der Waals surface area (Å²) < 4.78 is 31.9. The van der Waals surface area contributed by atoms with Crippen molar-refractivity contribution in [2.75, 3.05) is 0 Å². The average Bonchev–Trinajstić information content (AvgIpc) is 2.51. The topological polar surface area (TPSA) is 48.3 Å². The van der Waals surface area contributed by atoms with E-state index < -0.39 is 24.2 Å². The molecule has 0 spiro atoms. The van der Waals surface area contributed by atoms with Gasteiger partial charge in [0.05, 0.1) is 8.07 Å². The zero-order valence-electron chi connectivity index (χ0n) is 15.7. The van der Waals surface area contributed by atoms with Gasteiger partial charge in [0.15, 0.2) is 0 Å². The van der Waals surface area contributed by atoms with Gasteiger partial charge in [0.2, 0.25) is 0 Å². The van der Waals surface area contributed by atoms with E-state index in [0.717, 1.165) is 23.3 Å². The van der Waals surface area contributed by atoms with E-state index in [0.29, 0.717) is 10.3 Å². The van der Waals surface area contributed by atoms with Crippen LogP contribution in [0.15, 0.2) is 15.1 Å². The number of aromatic nitrogens is 1. The van der Waals surface area contributed by atoms with E-state index in [1.165, 1.54) is 0 Å². The number of hydrogen-bond acceptors (Lipinski definition) is 3. The Morgan fingerprint density at radius 2 is 1.79 bits per heavy atom. The van der Waals surface area contributed by atoms with Gasteiger partial charge >= 0.3 is 0 Å². The molecule has 7 heteroatoms. The lowest BCUT2D eigenvalue weighted by molar-refractivity contribution is 0.561. The predicted octanol–water partition coefficient (Wildman–Crippen LogP) is 4.97. The average molecular weight is 435 g/mol. The summed E-state index contributed by atoms with van der Waals surface area (Å²) in [4.78, 5) is 4.28. The molecule has 0 amide bonds. The van der Waals surface area contributed by atoms with E-state index in [4.69, 9.17) is 0 Å². The summed E-state index contributed by atoms with van der Waals surface area (Å²) in [6.07, 6.45) is 0. The summed E-state index contributed by atoms with van der Waals surface area (Å²) in [7, 11) is -1.90. The zero-order valence-corrected chi connectivity index (χ0v) is 19.1. The number of halogens is 2. The maximum atomic E-state index is 15.3. The van der Waals surface area contributed by atoms with Gasteiger partial charge in [-0.2, -0.15) is 0 Å². The molecule has 1 unspecified atom stereocenters. The third-order valence-electron chi connectivity index (χ3n) is 4.61. The molecule has 0 aliphatic heterocycles. The minimum Gasteiger partial charge on any atom is -0.591 e.